The number of para-hydroxylation sites is 1. The Labute approximate surface area is 138 Å². The highest BCUT2D eigenvalue weighted by Gasteiger charge is 2.18. The summed E-state index contributed by atoms with van der Waals surface area (Å²) in [4.78, 5) is 23.4. The molecule has 0 spiro atoms. The molecule has 7 nitrogen and oxygen atoms in total. The third-order valence-corrected chi connectivity index (χ3v) is 4.07. The third-order valence-electron chi connectivity index (χ3n) is 4.07. The first-order valence-corrected chi connectivity index (χ1v) is 7.65. The topological polar surface area (TPSA) is 90.0 Å². The van der Waals surface area contributed by atoms with Crippen LogP contribution in [0.2, 0.25) is 0 Å². The molecule has 2 aromatic heterocycles. The van der Waals surface area contributed by atoms with E-state index in [1.54, 1.807) is 11.6 Å². The Morgan fingerprint density at radius 3 is 2.54 bits per heavy atom. The number of hydrogen-bond acceptors (Lipinski definition) is 4. The molecule has 1 aromatic carbocycles. The largest absolute Gasteiger partial charge is 0.481 e. The molecule has 0 radical (unpaired) electrons. The molecule has 0 unspecified atom stereocenters. The summed E-state index contributed by atoms with van der Waals surface area (Å²) in [6.07, 6.45) is -0.157. The minimum atomic E-state index is -0.969. The molecule has 0 saturated carbocycles. The Balaban J connectivity index is 2.23. The highest BCUT2D eigenvalue weighted by Crippen LogP contribution is 2.22. The van der Waals surface area contributed by atoms with Crippen molar-refractivity contribution in [1.29, 1.82) is 0 Å². The van der Waals surface area contributed by atoms with Gasteiger partial charge in [0.15, 0.2) is 5.52 Å². The number of benzene rings is 1. The molecule has 0 aliphatic heterocycles. The lowest BCUT2D eigenvalue weighted by atomic mass is 10.2. The molecule has 0 atom stereocenters. The Morgan fingerprint density at radius 1 is 1.17 bits per heavy atom. The molecule has 7 heteroatoms. The van der Waals surface area contributed by atoms with Crippen LogP contribution in [-0.4, -0.2) is 30.6 Å². The molecule has 0 fully saturated rings. The van der Waals surface area contributed by atoms with Gasteiger partial charge in [-0.1, -0.05) is 18.2 Å². The molecule has 124 valence electrons. The highest BCUT2D eigenvalue weighted by molar-refractivity contribution is 5.83. The van der Waals surface area contributed by atoms with E-state index in [1.165, 1.54) is 4.68 Å². The first kappa shape index (κ1) is 15.9. The van der Waals surface area contributed by atoms with Crippen molar-refractivity contribution in [2.24, 2.45) is 0 Å². The van der Waals surface area contributed by atoms with Gasteiger partial charge < -0.3 is 5.11 Å². The molecule has 1 N–H and O–H groups in total. The molecule has 0 bridgehead atoms. The van der Waals surface area contributed by atoms with Crippen LogP contribution in [0.3, 0.4) is 0 Å². The maximum atomic E-state index is 12.6. The van der Waals surface area contributed by atoms with Crippen LogP contribution in [0.1, 0.15) is 23.4 Å². The summed E-state index contributed by atoms with van der Waals surface area (Å²) in [7, 11) is 0. The van der Waals surface area contributed by atoms with Crippen LogP contribution >= 0.6 is 0 Å². The lowest BCUT2D eigenvalue weighted by Crippen LogP contribution is -2.25. The summed E-state index contributed by atoms with van der Waals surface area (Å²) in [6.45, 7) is 5.71. The van der Waals surface area contributed by atoms with E-state index in [9.17, 15) is 9.59 Å². The Bertz CT molecular complexity index is 1000. The molecule has 3 aromatic rings. The van der Waals surface area contributed by atoms with Crippen LogP contribution in [0.5, 0.6) is 0 Å². The van der Waals surface area contributed by atoms with Gasteiger partial charge in [0, 0.05) is 0 Å². The number of carboxylic acid groups (broad SMARTS) is 1. The number of fused-ring (bicyclic) bond motifs is 1. The van der Waals surface area contributed by atoms with Gasteiger partial charge in [0.25, 0.3) is 5.56 Å². The van der Waals surface area contributed by atoms with Crippen molar-refractivity contribution >= 4 is 16.9 Å². The fraction of sp³-hybridized carbons (Fsp3) is 0.294. The Kier molecular flexibility index (Phi) is 3.92. The van der Waals surface area contributed by atoms with Crippen LogP contribution in [0.25, 0.3) is 16.6 Å². The Hall–Kier alpha value is -2.96. The predicted octanol–water partition coefficient (Wildman–Crippen LogP) is 1.98. The number of hydrogen-bond donors (Lipinski definition) is 1. The second-order valence-corrected chi connectivity index (χ2v) is 5.76. The first-order chi connectivity index (χ1) is 11.4. The Morgan fingerprint density at radius 2 is 1.88 bits per heavy atom. The van der Waals surface area contributed by atoms with Crippen molar-refractivity contribution in [3.8, 4) is 5.69 Å². The number of aromatic nitrogens is 4. The van der Waals surface area contributed by atoms with Gasteiger partial charge in [-0.15, -0.1) is 0 Å². The normalized spacial score (nSPS) is 11.1. The fourth-order valence-electron chi connectivity index (χ4n) is 2.87. The summed E-state index contributed by atoms with van der Waals surface area (Å²) in [5.41, 5.74) is 3.40. The van der Waals surface area contributed by atoms with E-state index in [0.29, 0.717) is 11.2 Å². The fourth-order valence-corrected chi connectivity index (χ4v) is 2.87. The van der Waals surface area contributed by atoms with E-state index in [-0.39, 0.29) is 18.5 Å². The van der Waals surface area contributed by atoms with E-state index >= 15 is 0 Å². The highest BCUT2D eigenvalue weighted by atomic mass is 16.4. The zero-order valence-corrected chi connectivity index (χ0v) is 13.8. The summed E-state index contributed by atoms with van der Waals surface area (Å²) in [5.74, 6) is -0.969. The van der Waals surface area contributed by atoms with Crippen molar-refractivity contribution < 1.29 is 9.90 Å². The lowest BCUT2D eigenvalue weighted by molar-refractivity contribution is -0.137. The van der Waals surface area contributed by atoms with Gasteiger partial charge in [0.2, 0.25) is 0 Å². The summed E-state index contributed by atoms with van der Waals surface area (Å²) < 4.78 is 2.93. The number of aryl methyl sites for hydroxylation is 4. The number of carbonyl (C=O) groups is 1. The summed E-state index contributed by atoms with van der Waals surface area (Å²) >= 11 is 0. The van der Waals surface area contributed by atoms with Crippen molar-refractivity contribution in [3.63, 3.8) is 0 Å². The molecular formula is C17H18N4O3. The average molecular weight is 326 g/mol. The van der Waals surface area contributed by atoms with E-state index in [4.69, 9.17) is 5.11 Å². The molecular weight excluding hydrogens is 308 g/mol. The number of rotatable bonds is 4. The quantitative estimate of drug-likeness (QED) is 0.792. The van der Waals surface area contributed by atoms with Gasteiger partial charge in [0.1, 0.15) is 0 Å². The van der Waals surface area contributed by atoms with Gasteiger partial charge in [-0.3, -0.25) is 9.59 Å². The summed E-state index contributed by atoms with van der Waals surface area (Å²) in [5, 5.41) is 18.3. The molecule has 0 amide bonds. The number of nitrogens with zero attached hydrogens (tertiary/aromatic N) is 4. The minimum absolute atomic E-state index is 0.0290. The smallest absolute Gasteiger partial charge is 0.305 e. The maximum Gasteiger partial charge on any atom is 0.305 e. The van der Waals surface area contributed by atoms with Crippen molar-refractivity contribution in [2.75, 3.05) is 0 Å². The third kappa shape index (κ3) is 2.58. The SMILES string of the molecule is Cc1ccccc1-n1nc2c(=O)n(CCC(=O)O)nc(C)c2c1C. The molecule has 2 heterocycles. The van der Waals surface area contributed by atoms with Crippen LogP contribution in [-0.2, 0) is 11.3 Å². The van der Waals surface area contributed by atoms with Crippen molar-refractivity contribution in [1.82, 2.24) is 19.6 Å². The predicted molar refractivity (Wildman–Crippen MR) is 89.6 cm³/mol. The molecule has 0 aliphatic rings. The minimum Gasteiger partial charge on any atom is -0.481 e. The van der Waals surface area contributed by atoms with Crippen molar-refractivity contribution in [2.45, 2.75) is 33.7 Å². The van der Waals surface area contributed by atoms with Gasteiger partial charge in [-0.05, 0) is 32.4 Å². The van der Waals surface area contributed by atoms with Crippen LogP contribution in [0, 0.1) is 20.8 Å². The average Bonchev–Trinajstić information content (AvgIpc) is 2.88. The summed E-state index contributed by atoms with van der Waals surface area (Å²) in [6, 6.07) is 7.80. The second kappa shape index (κ2) is 5.92. The van der Waals surface area contributed by atoms with Crippen LogP contribution < -0.4 is 5.56 Å². The van der Waals surface area contributed by atoms with E-state index in [1.807, 2.05) is 38.1 Å². The van der Waals surface area contributed by atoms with E-state index in [2.05, 4.69) is 10.2 Å². The first-order valence-electron chi connectivity index (χ1n) is 7.65. The van der Waals surface area contributed by atoms with Crippen molar-refractivity contribution in [3.05, 3.63) is 51.6 Å². The molecule has 24 heavy (non-hydrogen) atoms. The lowest BCUT2D eigenvalue weighted by Gasteiger charge is -2.07. The number of carboxylic acids is 1. The van der Waals surface area contributed by atoms with Crippen LogP contribution in [0.15, 0.2) is 29.1 Å². The molecule has 0 aliphatic carbocycles. The monoisotopic (exact) mass is 326 g/mol. The number of aliphatic carboxylic acids is 1. The van der Waals surface area contributed by atoms with Crippen LogP contribution in [0.4, 0.5) is 0 Å². The van der Waals surface area contributed by atoms with Gasteiger partial charge in [-0.2, -0.15) is 10.2 Å². The zero-order chi connectivity index (χ0) is 17.4. The van der Waals surface area contributed by atoms with E-state index in [0.717, 1.165) is 22.3 Å². The standard InChI is InChI=1S/C17H18N4O3/c1-10-6-4-5-7-13(10)21-12(3)15-11(2)18-20(9-8-14(22)23)17(24)16(15)19-21/h4-7H,8-9H2,1-3H3,(H,22,23). The van der Waals surface area contributed by atoms with Gasteiger partial charge >= 0.3 is 5.97 Å². The van der Waals surface area contributed by atoms with Gasteiger partial charge in [0.05, 0.1) is 35.4 Å². The van der Waals surface area contributed by atoms with E-state index < -0.39 is 5.97 Å². The molecule has 3 rings (SSSR count). The zero-order valence-electron chi connectivity index (χ0n) is 13.8. The second-order valence-electron chi connectivity index (χ2n) is 5.76. The molecule has 0 saturated heterocycles. The maximum absolute atomic E-state index is 12.6. The van der Waals surface area contributed by atoms with Gasteiger partial charge in [-0.25, -0.2) is 9.36 Å².